The van der Waals surface area contributed by atoms with Crippen LogP contribution in [-0.2, 0) is 6.54 Å². The Morgan fingerprint density at radius 1 is 1.38 bits per heavy atom. The predicted octanol–water partition coefficient (Wildman–Crippen LogP) is 3.18. The fourth-order valence-corrected chi connectivity index (χ4v) is 3.54. The summed E-state index contributed by atoms with van der Waals surface area (Å²) in [5.74, 6) is 0.986. The first kappa shape index (κ1) is 15.8. The topological polar surface area (TPSA) is 61.8 Å². The average molecular weight is 289 g/mol. The molecule has 0 amide bonds. The molecule has 2 rings (SSSR count). The number of hydrogen-bond donors (Lipinski definition) is 2. The summed E-state index contributed by atoms with van der Waals surface area (Å²) in [6, 6.07) is 8.63. The van der Waals surface area contributed by atoms with Gasteiger partial charge in [-0.3, -0.25) is 4.90 Å². The van der Waals surface area contributed by atoms with E-state index in [4.69, 9.17) is 10.9 Å². The molecule has 4 heteroatoms. The highest BCUT2D eigenvalue weighted by atomic mass is 16.4. The van der Waals surface area contributed by atoms with E-state index < -0.39 is 0 Å². The second-order valence-corrected chi connectivity index (χ2v) is 6.12. The summed E-state index contributed by atoms with van der Waals surface area (Å²) in [6.45, 7) is 3.21. The molecule has 0 bridgehead atoms. The summed E-state index contributed by atoms with van der Waals surface area (Å²) >= 11 is 0. The van der Waals surface area contributed by atoms with Gasteiger partial charge in [0.05, 0.1) is 0 Å². The number of rotatable bonds is 5. The third-order valence-corrected chi connectivity index (χ3v) is 4.72. The molecule has 1 aliphatic rings. The Hall–Kier alpha value is -1.55. The van der Waals surface area contributed by atoms with Gasteiger partial charge < -0.3 is 10.9 Å². The van der Waals surface area contributed by atoms with Crippen LogP contribution in [0.2, 0.25) is 0 Å². The molecule has 0 heterocycles. The molecule has 0 radical (unpaired) electrons. The van der Waals surface area contributed by atoms with E-state index in [2.05, 4.69) is 30.1 Å². The van der Waals surface area contributed by atoms with Crippen LogP contribution in [0.1, 0.15) is 50.2 Å². The summed E-state index contributed by atoms with van der Waals surface area (Å²) in [5, 5.41) is 11.9. The average Bonchev–Trinajstić information content (AvgIpc) is 2.54. The lowest BCUT2D eigenvalue weighted by Gasteiger charge is -2.37. The Morgan fingerprint density at radius 3 is 2.86 bits per heavy atom. The highest BCUT2D eigenvalue weighted by Gasteiger charge is 2.26. The Labute approximate surface area is 127 Å². The number of nitrogens with zero attached hydrogens (tertiary/aromatic N) is 2. The van der Waals surface area contributed by atoms with Gasteiger partial charge in [-0.15, -0.1) is 0 Å². The second-order valence-electron chi connectivity index (χ2n) is 6.12. The van der Waals surface area contributed by atoms with Crippen molar-refractivity contribution in [1.29, 1.82) is 0 Å². The van der Waals surface area contributed by atoms with E-state index in [1.807, 2.05) is 18.2 Å². The third kappa shape index (κ3) is 3.97. The zero-order valence-electron chi connectivity index (χ0n) is 13.1. The zero-order valence-corrected chi connectivity index (χ0v) is 13.1. The lowest BCUT2D eigenvalue weighted by atomic mass is 9.82. The largest absolute Gasteiger partial charge is 0.409 e. The van der Waals surface area contributed by atoms with Crippen molar-refractivity contribution in [2.75, 3.05) is 7.05 Å². The van der Waals surface area contributed by atoms with Crippen molar-refractivity contribution in [3.8, 4) is 0 Å². The van der Waals surface area contributed by atoms with Gasteiger partial charge in [0.2, 0.25) is 0 Å². The minimum atomic E-state index is 0.170. The normalized spacial score (nSPS) is 23.5. The Balaban J connectivity index is 2.06. The molecule has 1 aromatic carbocycles. The van der Waals surface area contributed by atoms with E-state index in [1.165, 1.54) is 37.7 Å². The molecule has 3 N–H and O–H groups in total. The van der Waals surface area contributed by atoms with Gasteiger partial charge in [0.1, 0.15) is 0 Å². The molecule has 0 aliphatic heterocycles. The van der Waals surface area contributed by atoms with Crippen LogP contribution in [0.25, 0.3) is 0 Å². The number of nitrogens with two attached hydrogens (primary N) is 1. The molecule has 1 aromatic rings. The summed E-state index contributed by atoms with van der Waals surface area (Å²) in [5.41, 5.74) is 7.65. The van der Waals surface area contributed by atoms with E-state index in [-0.39, 0.29) is 5.84 Å². The highest BCUT2D eigenvalue weighted by Crippen LogP contribution is 2.30. The minimum absolute atomic E-state index is 0.170. The number of amidine groups is 1. The SMILES string of the molecule is CCC1CCCCC1N(C)Cc1cccc(C(N)=NO)c1. The molecule has 1 saturated carbocycles. The summed E-state index contributed by atoms with van der Waals surface area (Å²) < 4.78 is 0. The van der Waals surface area contributed by atoms with Crippen molar-refractivity contribution in [3.05, 3.63) is 35.4 Å². The predicted molar refractivity (Wildman–Crippen MR) is 86.5 cm³/mol. The fraction of sp³-hybridized carbons (Fsp3) is 0.588. The molecule has 0 spiro atoms. The van der Waals surface area contributed by atoms with E-state index in [0.29, 0.717) is 6.04 Å². The highest BCUT2D eigenvalue weighted by molar-refractivity contribution is 5.97. The number of hydrogen-bond acceptors (Lipinski definition) is 3. The van der Waals surface area contributed by atoms with Gasteiger partial charge in [-0.2, -0.15) is 0 Å². The maximum absolute atomic E-state index is 8.78. The van der Waals surface area contributed by atoms with Crippen molar-refractivity contribution in [2.45, 2.75) is 51.6 Å². The summed E-state index contributed by atoms with van der Waals surface area (Å²) in [7, 11) is 2.22. The van der Waals surface area contributed by atoms with Crippen molar-refractivity contribution in [1.82, 2.24) is 4.90 Å². The van der Waals surface area contributed by atoms with E-state index in [1.54, 1.807) is 0 Å². The number of benzene rings is 1. The van der Waals surface area contributed by atoms with Crippen molar-refractivity contribution < 1.29 is 5.21 Å². The van der Waals surface area contributed by atoms with Crippen molar-refractivity contribution >= 4 is 5.84 Å². The van der Waals surface area contributed by atoms with Gasteiger partial charge in [0.25, 0.3) is 0 Å². The molecule has 116 valence electrons. The smallest absolute Gasteiger partial charge is 0.170 e. The van der Waals surface area contributed by atoms with E-state index >= 15 is 0 Å². The summed E-state index contributed by atoms with van der Waals surface area (Å²) in [4.78, 5) is 2.47. The van der Waals surface area contributed by atoms with Crippen LogP contribution in [0, 0.1) is 5.92 Å². The molecule has 2 unspecified atom stereocenters. The third-order valence-electron chi connectivity index (χ3n) is 4.72. The van der Waals surface area contributed by atoms with Gasteiger partial charge in [0.15, 0.2) is 5.84 Å². The van der Waals surface area contributed by atoms with Crippen LogP contribution < -0.4 is 5.73 Å². The molecule has 0 saturated heterocycles. The van der Waals surface area contributed by atoms with Crippen LogP contribution >= 0.6 is 0 Å². The zero-order chi connectivity index (χ0) is 15.2. The standard InChI is InChI=1S/C17H27N3O/c1-3-14-8-4-5-10-16(14)20(2)12-13-7-6-9-15(11-13)17(18)19-21/h6-7,9,11,14,16,21H,3-5,8,10,12H2,1-2H3,(H2,18,19). The van der Waals surface area contributed by atoms with Crippen LogP contribution in [0.3, 0.4) is 0 Å². The van der Waals surface area contributed by atoms with Crippen molar-refractivity contribution in [3.63, 3.8) is 0 Å². The van der Waals surface area contributed by atoms with Gasteiger partial charge in [-0.05, 0) is 37.4 Å². The first-order valence-electron chi connectivity index (χ1n) is 7.92. The summed E-state index contributed by atoms with van der Waals surface area (Å²) in [6.07, 6.45) is 6.64. The van der Waals surface area contributed by atoms with Gasteiger partial charge in [-0.1, -0.05) is 49.5 Å². The Morgan fingerprint density at radius 2 is 2.14 bits per heavy atom. The molecular weight excluding hydrogens is 262 g/mol. The maximum atomic E-state index is 8.78. The molecule has 2 atom stereocenters. The quantitative estimate of drug-likeness (QED) is 0.379. The molecule has 4 nitrogen and oxygen atoms in total. The van der Waals surface area contributed by atoms with Gasteiger partial charge in [-0.25, -0.2) is 0 Å². The van der Waals surface area contributed by atoms with Crippen molar-refractivity contribution in [2.24, 2.45) is 16.8 Å². The molecule has 1 fully saturated rings. The first-order valence-corrected chi connectivity index (χ1v) is 7.92. The Bertz CT molecular complexity index is 487. The number of oxime groups is 1. The molecule has 1 aliphatic carbocycles. The van der Waals surface area contributed by atoms with Crippen LogP contribution in [-0.4, -0.2) is 29.0 Å². The van der Waals surface area contributed by atoms with Crippen LogP contribution in [0.5, 0.6) is 0 Å². The van der Waals surface area contributed by atoms with E-state index in [0.717, 1.165) is 18.0 Å². The van der Waals surface area contributed by atoms with E-state index in [9.17, 15) is 0 Å². The van der Waals surface area contributed by atoms with Crippen LogP contribution in [0.4, 0.5) is 0 Å². The lowest BCUT2D eigenvalue weighted by Crippen LogP contribution is -2.39. The van der Waals surface area contributed by atoms with Gasteiger partial charge >= 0.3 is 0 Å². The minimum Gasteiger partial charge on any atom is -0.409 e. The fourth-order valence-electron chi connectivity index (χ4n) is 3.54. The maximum Gasteiger partial charge on any atom is 0.170 e. The van der Waals surface area contributed by atoms with Gasteiger partial charge in [0, 0.05) is 18.2 Å². The van der Waals surface area contributed by atoms with Crippen LogP contribution in [0.15, 0.2) is 29.4 Å². The lowest BCUT2D eigenvalue weighted by molar-refractivity contribution is 0.120. The molecule has 0 aromatic heterocycles. The molecule has 21 heavy (non-hydrogen) atoms. The monoisotopic (exact) mass is 289 g/mol. The molecular formula is C17H27N3O. The second kappa shape index (κ2) is 7.46. The first-order chi connectivity index (χ1) is 10.2. The Kier molecular flexibility index (Phi) is 5.62.